The van der Waals surface area contributed by atoms with Crippen molar-refractivity contribution in [1.29, 1.82) is 0 Å². The summed E-state index contributed by atoms with van der Waals surface area (Å²) < 4.78 is 0. The van der Waals surface area contributed by atoms with Gasteiger partial charge >= 0.3 is 0 Å². The fourth-order valence-corrected chi connectivity index (χ4v) is 2.44. The monoisotopic (exact) mass is 453 g/mol. The molecule has 1 aromatic rings. The molecule has 1 amide bonds. The standard InChI is InChI=1S/C15H27N5OS.HI/c1-5-11(2)19-14(21)7-9-18-15(16-4)17-8-6-13-10-22-12(3)20-13;/h10-11H,5-9H2,1-4H3,(H,19,21)(H2,16,17,18);1H. The van der Waals surface area contributed by atoms with Gasteiger partial charge in [-0.3, -0.25) is 9.79 Å². The van der Waals surface area contributed by atoms with Crippen molar-refractivity contribution < 1.29 is 4.79 Å². The summed E-state index contributed by atoms with van der Waals surface area (Å²) in [5.41, 5.74) is 1.10. The Balaban J connectivity index is 0.00000484. The fourth-order valence-electron chi connectivity index (χ4n) is 1.80. The van der Waals surface area contributed by atoms with E-state index in [0.29, 0.717) is 18.9 Å². The van der Waals surface area contributed by atoms with E-state index in [4.69, 9.17) is 0 Å². The Bertz CT molecular complexity index is 492. The Hall–Kier alpha value is -0.900. The quantitative estimate of drug-likeness (QED) is 0.320. The molecule has 1 rings (SSSR count). The van der Waals surface area contributed by atoms with Gasteiger partial charge in [0.2, 0.25) is 5.91 Å². The molecule has 0 spiro atoms. The summed E-state index contributed by atoms with van der Waals surface area (Å²) in [7, 11) is 1.72. The lowest BCUT2D eigenvalue weighted by Gasteiger charge is -2.13. The molecule has 132 valence electrons. The van der Waals surface area contributed by atoms with E-state index < -0.39 is 0 Å². The summed E-state index contributed by atoms with van der Waals surface area (Å²) in [6.45, 7) is 7.40. The van der Waals surface area contributed by atoms with Crippen LogP contribution in [0.25, 0.3) is 0 Å². The van der Waals surface area contributed by atoms with E-state index in [9.17, 15) is 4.79 Å². The average molecular weight is 453 g/mol. The summed E-state index contributed by atoms with van der Waals surface area (Å²) in [5, 5.41) is 12.5. The first kappa shape index (κ1) is 22.1. The average Bonchev–Trinajstić information content (AvgIpc) is 2.91. The summed E-state index contributed by atoms with van der Waals surface area (Å²) in [6.07, 6.45) is 2.24. The van der Waals surface area contributed by atoms with Crippen LogP contribution in [-0.4, -0.2) is 43.0 Å². The molecule has 0 bridgehead atoms. The topological polar surface area (TPSA) is 78.4 Å². The van der Waals surface area contributed by atoms with Gasteiger partial charge in [-0.2, -0.15) is 0 Å². The number of nitrogens with zero attached hydrogens (tertiary/aromatic N) is 2. The van der Waals surface area contributed by atoms with Crippen molar-refractivity contribution in [1.82, 2.24) is 20.9 Å². The lowest BCUT2D eigenvalue weighted by molar-refractivity contribution is -0.121. The van der Waals surface area contributed by atoms with Gasteiger partial charge in [0.15, 0.2) is 5.96 Å². The second-order valence-electron chi connectivity index (χ2n) is 5.16. The molecule has 0 aliphatic heterocycles. The molecule has 0 aromatic carbocycles. The molecule has 23 heavy (non-hydrogen) atoms. The van der Waals surface area contributed by atoms with E-state index >= 15 is 0 Å². The Morgan fingerprint density at radius 2 is 2.09 bits per heavy atom. The number of hydrogen-bond donors (Lipinski definition) is 3. The van der Waals surface area contributed by atoms with Gasteiger partial charge < -0.3 is 16.0 Å². The SMILES string of the molecule is CCC(C)NC(=O)CCNC(=NC)NCCc1csc(C)n1.I. The highest BCUT2D eigenvalue weighted by atomic mass is 127. The van der Waals surface area contributed by atoms with E-state index in [1.54, 1.807) is 18.4 Å². The fraction of sp³-hybridized carbons (Fsp3) is 0.667. The molecule has 0 fully saturated rings. The number of carbonyl (C=O) groups excluding carboxylic acids is 1. The van der Waals surface area contributed by atoms with E-state index in [0.717, 1.165) is 30.1 Å². The molecular formula is C15H28IN5OS. The number of rotatable bonds is 8. The highest BCUT2D eigenvalue weighted by Crippen LogP contribution is 2.07. The minimum absolute atomic E-state index is 0. The number of guanidine groups is 1. The highest BCUT2D eigenvalue weighted by Gasteiger charge is 2.06. The second kappa shape index (κ2) is 12.5. The van der Waals surface area contributed by atoms with Gasteiger partial charge in [0.25, 0.3) is 0 Å². The molecule has 6 nitrogen and oxygen atoms in total. The van der Waals surface area contributed by atoms with Gasteiger partial charge in [-0.15, -0.1) is 35.3 Å². The smallest absolute Gasteiger partial charge is 0.221 e. The number of aliphatic imine (C=N–C) groups is 1. The van der Waals surface area contributed by atoms with Crippen molar-refractivity contribution in [3.8, 4) is 0 Å². The first-order valence-corrected chi connectivity index (χ1v) is 8.58. The van der Waals surface area contributed by atoms with E-state index in [1.807, 2.05) is 13.8 Å². The van der Waals surface area contributed by atoms with Crippen LogP contribution in [-0.2, 0) is 11.2 Å². The highest BCUT2D eigenvalue weighted by molar-refractivity contribution is 14.0. The van der Waals surface area contributed by atoms with Gasteiger partial charge in [0.05, 0.1) is 10.7 Å². The van der Waals surface area contributed by atoms with Gasteiger partial charge in [0, 0.05) is 44.4 Å². The van der Waals surface area contributed by atoms with Crippen LogP contribution in [0.4, 0.5) is 0 Å². The number of carbonyl (C=O) groups is 1. The normalized spacial score (nSPS) is 12.3. The van der Waals surface area contributed by atoms with Crippen molar-refractivity contribution in [2.45, 2.75) is 46.1 Å². The van der Waals surface area contributed by atoms with Crippen LogP contribution >= 0.6 is 35.3 Å². The Morgan fingerprint density at radius 3 is 2.65 bits per heavy atom. The van der Waals surface area contributed by atoms with Crippen LogP contribution < -0.4 is 16.0 Å². The summed E-state index contributed by atoms with van der Waals surface area (Å²) in [6, 6.07) is 0.228. The van der Waals surface area contributed by atoms with Gasteiger partial charge in [-0.1, -0.05) is 6.92 Å². The Kier molecular flexibility index (Phi) is 12.0. The van der Waals surface area contributed by atoms with Crippen LogP contribution in [0.3, 0.4) is 0 Å². The minimum atomic E-state index is 0. The first-order chi connectivity index (χ1) is 10.5. The summed E-state index contributed by atoms with van der Waals surface area (Å²) in [4.78, 5) is 20.2. The molecule has 1 atom stereocenters. The molecule has 8 heteroatoms. The summed E-state index contributed by atoms with van der Waals surface area (Å²) in [5.74, 6) is 0.776. The maximum absolute atomic E-state index is 11.7. The number of amides is 1. The zero-order valence-electron chi connectivity index (χ0n) is 14.3. The molecule has 0 aliphatic rings. The van der Waals surface area contributed by atoms with E-state index in [2.05, 4.69) is 38.2 Å². The third-order valence-electron chi connectivity index (χ3n) is 3.23. The first-order valence-electron chi connectivity index (χ1n) is 7.70. The molecule has 0 saturated carbocycles. The number of hydrogen-bond acceptors (Lipinski definition) is 4. The van der Waals surface area contributed by atoms with E-state index in [-0.39, 0.29) is 35.9 Å². The number of aryl methyl sites for hydroxylation is 1. The van der Waals surface area contributed by atoms with Crippen LogP contribution in [0.5, 0.6) is 0 Å². The Labute approximate surface area is 160 Å². The van der Waals surface area contributed by atoms with Crippen molar-refractivity contribution in [2.75, 3.05) is 20.1 Å². The molecule has 3 N–H and O–H groups in total. The summed E-state index contributed by atoms with van der Waals surface area (Å²) >= 11 is 1.66. The van der Waals surface area contributed by atoms with Crippen molar-refractivity contribution in [3.63, 3.8) is 0 Å². The third kappa shape index (κ3) is 9.75. The van der Waals surface area contributed by atoms with Crippen molar-refractivity contribution in [3.05, 3.63) is 16.1 Å². The van der Waals surface area contributed by atoms with Gasteiger partial charge in [0.1, 0.15) is 0 Å². The lowest BCUT2D eigenvalue weighted by Crippen LogP contribution is -2.41. The molecule has 1 unspecified atom stereocenters. The largest absolute Gasteiger partial charge is 0.356 e. The second-order valence-corrected chi connectivity index (χ2v) is 6.22. The van der Waals surface area contributed by atoms with Gasteiger partial charge in [-0.05, 0) is 20.3 Å². The maximum Gasteiger partial charge on any atom is 0.221 e. The zero-order valence-corrected chi connectivity index (χ0v) is 17.5. The number of nitrogens with one attached hydrogen (secondary N) is 3. The molecular weight excluding hydrogens is 425 g/mol. The Morgan fingerprint density at radius 1 is 1.39 bits per heavy atom. The number of halogens is 1. The van der Waals surface area contributed by atoms with Crippen LogP contribution in [0, 0.1) is 6.92 Å². The zero-order chi connectivity index (χ0) is 16.4. The molecule has 1 heterocycles. The predicted octanol–water partition coefficient (Wildman–Crippen LogP) is 2.08. The van der Waals surface area contributed by atoms with Crippen LogP contribution in [0.15, 0.2) is 10.4 Å². The minimum Gasteiger partial charge on any atom is -0.356 e. The molecule has 0 radical (unpaired) electrons. The molecule has 1 aromatic heterocycles. The van der Waals surface area contributed by atoms with Crippen molar-refractivity contribution in [2.24, 2.45) is 4.99 Å². The third-order valence-corrected chi connectivity index (χ3v) is 4.05. The predicted molar refractivity (Wildman–Crippen MR) is 108 cm³/mol. The van der Waals surface area contributed by atoms with Crippen molar-refractivity contribution >= 4 is 47.2 Å². The maximum atomic E-state index is 11.7. The molecule has 0 saturated heterocycles. The molecule has 0 aliphatic carbocycles. The van der Waals surface area contributed by atoms with E-state index in [1.165, 1.54) is 0 Å². The number of aromatic nitrogens is 1. The van der Waals surface area contributed by atoms with Crippen LogP contribution in [0.2, 0.25) is 0 Å². The lowest BCUT2D eigenvalue weighted by atomic mass is 10.2. The van der Waals surface area contributed by atoms with Gasteiger partial charge in [-0.25, -0.2) is 4.98 Å². The number of thiazole rings is 1. The van der Waals surface area contributed by atoms with Crippen LogP contribution in [0.1, 0.15) is 37.4 Å².